The number of aliphatic hydroxyl groups excluding tert-OH is 1. The average molecular weight is 189 g/mol. The Labute approximate surface area is 84.8 Å². The van der Waals surface area contributed by atoms with Crippen LogP contribution in [-0.2, 0) is 0 Å². The van der Waals surface area contributed by atoms with E-state index in [0.717, 1.165) is 17.5 Å². The van der Waals surface area contributed by atoms with Crippen LogP contribution in [0.15, 0.2) is 24.3 Å². The first-order valence-corrected chi connectivity index (χ1v) is 4.86. The lowest BCUT2D eigenvalue weighted by atomic mass is 9.96. The molecule has 0 aliphatic carbocycles. The molecule has 0 saturated carbocycles. The molecule has 0 radical (unpaired) electrons. The van der Waals surface area contributed by atoms with Crippen LogP contribution in [0, 0.1) is 11.3 Å². The highest BCUT2D eigenvalue weighted by Crippen LogP contribution is 2.20. The van der Waals surface area contributed by atoms with Crippen molar-refractivity contribution in [1.29, 1.82) is 5.26 Å². The van der Waals surface area contributed by atoms with Crippen molar-refractivity contribution < 1.29 is 5.11 Å². The Balaban J connectivity index is 2.88. The summed E-state index contributed by atoms with van der Waals surface area (Å²) >= 11 is 0. The van der Waals surface area contributed by atoms with E-state index < -0.39 is 6.10 Å². The summed E-state index contributed by atoms with van der Waals surface area (Å²) in [7, 11) is 0. The van der Waals surface area contributed by atoms with Crippen LogP contribution in [0.3, 0.4) is 0 Å². The number of nitrogens with zero attached hydrogens (tertiary/aromatic N) is 1. The lowest BCUT2D eigenvalue weighted by Crippen LogP contribution is -1.95. The van der Waals surface area contributed by atoms with Crippen LogP contribution in [0.1, 0.15) is 43.4 Å². The highest BCUT2D eigenvalue weighted by atomic mass is 16.3. The van der Waals surface area contributed by atoms with Gasteiger partial charge in [-0.05, 0) is 24.5 Å². The molecule has 0 aromatic heterocycles. The normalized spacial score (nSPS) is 14.4. The minimum absolute atomic E-state index is 0.0296. The van der Waals surface area contributed by atoms with E-state index in [1.807, 2.05) is 31.2 Å². The zero-order valence-electron chi connectivity index (χ0n) is 8.57. The predicted molar refractivity (Wildman–Crippen MR) is 55.7 cm³/mol. The minimum atomic E-state index is -0.439. The van der Waals surface area contributed by atoms with Gasteiger partial charge in [-0.25, -0.2) is 0 Å². The van der Waals surface area contributed by atoms with Crippen molar-refractivity contribution in [3.05, 3.63) is 35.4 Å². The van der Waals surface area contributed by atoms with Crippen LogP contribution < -0.4 is 0 Å². The predicted octanol–water partition coefficient (Wildman–Crippen LogP) is 2.76. The second-order valence-corrected chi connectivity index (χ2v) is 3.43. The van der Waals surface area contributed by atoms with Crippen molar-refractivity contribution >= 4 is 0 Å². The molecule has 1 N–H and O–H groups in total. The molecule has 2 heteroatoms. The molecule has 0 fully saturated rings. The maximum atomic E-state index is 9.30. The number of aliphatic hydroxyl groups is 1. The first kappa shape index (κ1) is 10.7. The topological polar surface area (TPSA) is 44.0 Å². The third-order valence-electron chi connectivity index (χ3n) is 2.39. The summed E-state index contributed by atoms with van der Waals surface area (Å²) in [4.78, 5) is 0. The van der Waals surface area contributed by atoms with Crippen LogP contribution in [-0.4, -0.2) is 5.11 Å². The molecular weight excluding hydrogens is 174 g/mol. The Hall–Kier alpha value is -1.33. The van der Waals surface area contributed by atoms with E-state index in [2.05, 4.69) is 6.07 Å². The van der Waals surface area contributed by atoms with Crippen molar-refractivity contribution in [2.75, 3.05) is 0 Å². The van der Waals surface area contributed by atoms with Gasteiger partial charge in [-0.2, -0.15) is 5.26 Å². The lowest BCUT2D eigenvalue weighted by Gasteiger charge is -2.08. The van der Waals surface area contributed by atoms with Gasteiger partial charge in [0, 0.05) is 0 Å². The quantitative estimate of drug-likeness (QED) is 0.794. The summed E-state index contributed by atoms with van der Waals surface area (Å²) in [5, 5.41) is 18.2. The van der Waals surface area contributed by atoms with Crippen molar-refractivity contribution in [2.24, 2.45) is 0 Å². The van der Waals surface area contributed by atoms with Crippen LogP contribution >= 0.6 is 0 Å². The van der Waals surface area contributed by atoms with E-state index in [4.69, 9.17) is 5.26 Å². The number of hydrogen-bond donors (Lipinski definition) is 1. The zero-order valence-corrected chi connectivity index (χ0v) is 8.57. The van der Waals surface area contributed by atoms with E-state index >= 15 is 0 Å². The summed E-state index contributed by atoms with van der Waals surface area (Å²) in [6.07, 6.45) is 0.385. The fraction of sp³-hybridized carbons (Fsp3) is 0.417. The Bertz CT molecular complexity index is 321. The summed E-state index contributed by atoms with van der Waals surface area (Å²) in [6.45, 7) is 3.73. The highest BCUT2D eigenvalue weighted by molar-refractivity contribution is 5.29. The summed E-state index contributed by atoms with van der Waals surface area (Å²) in [5.41, 5.74) is 1.92. The molecule has 14 heavy (non-hydrogen) atoms. The Kier molecular flexibility index (Phi) is 3.67. The fourth-order valence-corrected chi connectivity index (χ4v) is 1.41. The molecule has 2 atom stereocenters. The Morgan fingerprint density at radius 2 is 1.79 bits per heavy atom. The first-order chi connectivity index (χ1) is 6.69. The van der Waals surface area contributed by atoms with Crippen LogP contribution in [0.4, 0.5) is 0 Å². The molecule has 74 valence electrons. The molecule has 0 aliphatic heterocycles. The van der Waals surface area contributed by atoms with Crippen molar-refractivity contribution in [3.63, 3.8) is 0 Å². The lowest BCUT2D eigenvalue weighted by molar-refractivity contribution is 0.199. The van der Waals surface area contributed by atoms with Crippen molar-refractivity contribution in [3.8, 4) is 6.07 Å². The second kappa shape index (κ2) is 4.78. The van der Waals surface area contributed by atoms with Gasteiger partial charge in [-0.1, -0.05) is 31.2 Å². The van der Waals surface area contributed by atoms with E-state index in [1.54, 1.807) is 6.92 Å². The van der Waals surface area contributed by atoms with Crippen LogP contribution in [0.25, 0.3) is 0 Å². The molecule has 0 amide bonds. The summed E-state index contributed by atoms with van der Waals surface area (Å²) in [6, 6.07) is 9.84. The highest BCUT2D eigenvalue weighted by Gasteiger charge is 2.08. The molecule has 1 aromatic rings. The standard InChI is InChI=1S/C12H15NO/c1-3-10(8-13)12-6-4-11(5-7-12)9(2)14/h4-7,9-10,14H,3H2,1-2H3. The SMILES string of the molecule is CCC(C#N)c1ccc(C(C)O)cc1. The van der Waals surface area contributed by atoms with Crippen molar-refractivity contribution in [2.45, 2.75) is 32.3 Å². The van der Waals surface area contributed by atoms with Gasteiger partial charge >= 0.3 is 0 Å². The van der Waals surface area contributed by atoms with Gasteiger partial charge in [0.2, 0.25) is 0 Å². The Morgan fingerprint density at radius 3 is 2.14 bits per heavy atom. The first-order valence-electron chi connectivity index (χ1n) is 4.86. The molecular formula is C12H15NO. The third-order valence-corrected chi connectivity index (χ3v) is 2.39. The molecule has 0 bridgehead atoms. The van der Waals surface area contributed by atoms with E-state index in [1.165, 1.54) is 0 Å². The molecule has 2 nitrogen and oxygen atoms in total. The molecule has 0 spiro atoms. The molecule has 0 saturated heterocycles. The maximum Gasteiger partial charge on any atom is 0.0761 e. The summed E-state index contributed by atoms with van der Waals surface area (Å²) < 4.78 is 0. The van der Waals surface area contributed by atoms with Gasteiger partial charge in [-0.3, -0.25) is 0 Å². The van der Waals surface area contributed by atoms with E-state index in [-0.39, 0.29) is 5.92 Å². The fourth-order valence-electron chi connectivity index (χ4n) is 1.41. The number of hydrogen-bond acceptors (Lipinski definition) is 2. The molecule has 2 unspecified atom stereocenters. The smallest absolute Gasteiger partial charge is 0.0761 e. The Morgan fingerprint density at radius 1 is 1.29 bits per heavy atom. The monoisotopic (exact) mass is 189 g/mol. The van der Waals surface area contributed by atoms with Gasteiger partial charge in [-0.15, -0.1) is 0 Å². The van der Waals surface area contributed by atoms with E-state index in [9.17, 15) is 5.11 Å². The van der Waals surface area contributed by atoms with Crippen molar-refractivity contribution in [1.82, 2.24) is 0 Å². The van der Waals surface area contributed by atoms with Crippen LogP contribution in [0.5, 0.6) is 0 Å². The second-order valence-electron chi connectivity index (χ2n) is 3.43. The van der Waals surface area contributed by atoms with Crippen LogP contribution in [0.2, 0.25) is 0 Å². The number of rotatable bonds is 3. The maximum absolute atomic E-state index is 9.30. The molecule has 0 heterocycles. The molecule has 1 aromatic carbocycles. The van der Waals surface area contributed by atoms with Gasteiger partial charge in [0.1, 0.15) is 0 Å². The summed E-state index contributed by atoms with van der Waals surface area (Å²) in [5.74, 6) is -0.0296. The van der Waals surface area contributed by atoms with Gasteiger partial charge in [0.05, 0.1) is 18.1 Å². The molecule has 1 rings (SSSR count). The van der Waals surface area contributed by atoms with Gasteiger partial charge in [0.15, 0.2) is 0 Å². The number of nitriles is 1. The number of benzene rings is 1. The van der Waals surface area contributed by atoms with Gasteiger partial charge in [0.25, 0.3) is 0 Å². The average Bonchev–Trinajstić information content (AvgIpc) is 2.20. The van der Waals surface area contributed by atoms with E-state index in [0.29, 0.717) is 0 Å². The minimum Gasteiger partial charge on any atom is -0.389 e. The zero-order chi connectivity index (χ0) is 10.6. The molecule has 0 aliphatic rings. The third kappa shape index (κ3) is 2.34. The largest absolute Gasteiger partial charge is 0.389 e. The van der Waals surface area contributed by atoms with Gasteiger partial charge < -0.3 is 5.11 Å².